The Morgan fingerprint density at radius 2 is 1.50 bits per heavy atom. The van der Waals surface area contributed by atoms with E-state index in [1.807, 2.05) is 0 Å². The van der Waals surface area contributed by atoms with Gasteiger partial charge in [0.15, 0.2) is 0 Å². The molecule has 0 atom stereocenters. The number of carbonyl (C=O) groups excluding carboxylic acids is 1. The van der Waals surface area contributed by atoms with Gasteiger partial charge in [-0.15, -0.1) is 0 Å². The lowest BCUT2D eigenvalue weighted by Gasteiger charge is -2.01. The number of hydrogen-bond donors (Lipinski definition) is 0. The van der Waals surface area contributed by atoms with E-state index in [1.54, 1.807) is 0 Å². The minimum atomic E-state index is 0.405. The highest BCUT2D eigenvalue weighted by Crippen LogP contribution is 2.11. The van der Waals surface area contributed by atoms with Gasteiger partial charge in [0.1, 0.15) is 5.78 Å². The van der Waals surface area contributed by atoms with E-state index < -0.39 is 0 Å². The molecule has 1 nitrogen and oxygen atoms in total. The molecule has 0 heterocycles. The highest BCUT2D eigenvalue weighted by molar-refractivity contribution is 5.79. The number of hydrogen-bond acceptors (Lipinski definition) is 1. The van der Waals surface area contributed by atoms with E-state index in [0.717, 1.165) is 25.7 Å². The van der Waals surface area contributed by atoms with Gasteiger partial charge >= 0.3 is 0 Å². The zero-order chi connectivity index (χ0) is 15.2. The summed E-state index contributed by atoms with van der Waals surface area (Å²) in [5.74, 6) is 0.405. The molecule has 0 rings (SSSR count). The highest BCUT2D eigenvalue weighted by atomic mass is 16.1. The van der Waals surface area contributed by atoms with Gasteiger partial charge in [0.2, 0.25) is 0 Å². The summed E-state index contributed by atoms with van der Waals surface area (Å²) in [6.45, 7) is 8.62. The van der Waals surface area contributed by atoms with Crippen molar-refractivity contribution in [2.45, 2.75) is 91.9 Å². The van der Waals surface area contributed by atoms with Gasteiger partial charge in [0.25, 0.3) is 0 Å². The summed E-state index contributed by atoms with van der Waals surface area (Å²) < 4.78 is 0. The lowest BCUT2D eigenvalue weighted by Crippen LogP contribution is -1.96. The van der Waals surface area contributed by atoms with Gasteiger partial charge in [0.05, 0.1) is 0 Å². The van der Waals surface area contributed by atoms with Crippen molar-refractivity contribution in [1.29, 1.82) is 0 Å². The largest absolute Gasteiger partial charge is 0.299 e. The first-order valence-corrected chi connectivity index (χ1v) is 8.37. The molecule has 0 aromatic rings. The summed E-state index contributed by atoms with van der Waals surface area (Å²) in [5.41, 5.74) is 2.72. The molecular weight excluding hydrogens is 244 g/mol. The maximum absolute atomic E-state index is 11.8. The molecule has 0 fully saturated rings. The van der Waals surface area contributed by atoms with Crippen LogP contribution in [0.4, 0.5) is 0 Å². The standard InChI is InChI=1S/C19H34O/c1-5-6-7-8-9-10-14-19(20)16-15-18(4)13-11-12-17(2)3/h12,15H,5-11,13-14,16H2,1-4H3/b18-15+. The number of rotatable bonds is 12. The van der Waals surface area contributed by atoms with Crippen LogP contribution in [0.1, 0.15) is 91.9 Å². The second-order valence-electron chi connectivity index (χ2n) is 6.13. The van der Waals surface area contributed by atoms with E-state index in [0.29, 0.717) is 12.2 Å². The van der Waals surface area contributed by atoms with Crippen molar-refractivity contribution < 1.29 is 4.79 Å². The van der Waals surface area contributed by atoms with Crippen molar-refractivity contribution in [1.82, 2.24) is 0 Å². The molecule has 20 heavy (non-hydrogen) atoms. The van der Waals surface area contributed by atoms with Crippen LogP contribution in [0.2, 0.25) is 0 Å². The quantitative estimate of drug-likeness (QED) is 0.298. The topological polar surface area (TPSA) is 17.1 Å². The molecule has 0 saturated carbocycles. The second-order valence-corrected chi connectivity index (χ2v) is 6.13. The molecular formula is C19H34O. The number of Topliss-reactive ketones (excluding diaryl/α,β-unsaturated/α-hetero) is 1. The van der Waals surface area contributed by atoms with Crippen LogP contribution in [0, 0.1) is 0 Å². The minimum Gasteiger partial charge on any atom is -0.299 e. The lowest BCUT2D eigenvalue weighted by atomic mass is 10.0. The van der Waals surface area contributed by atoms with Gasteiger partial charge in [-0.1, -0.05) is 62.3 Å². The number of carbonyl (C=O) groups is 1. The molecule has 0 aliphatic rings. The number of allylic oxidation sites excluding steroid dienone is 4. The van der Waals surface area contributed by atoms with Crippen LogP contribution < -0.4 is 0 Å². The number of unbranched alkanes of at least 4 members (excludes halogenated alkanes) is 5. The minimum absolute atomic E-state index is 0.405. The summed E-state index contributed by atoms with van der Waals surface area (Å²) in [4.78, 5) is 11.8. The molecule has 0 bridgehead atoms. The normalized spacial score (nSPS) is 11.5. The lowest BCUT2D eigenvalue weighted by molar-refractivity contribution is -0.118. The Labute approximate surface area is 126 Å². The fourth-order valence-electron chi connectivity index (χ4n) is 2.18. The fraction of sp³-hybridized carbons (Fsp3) is 0.737. The Morgan fingerprint density at radius 3 is 2.15 bits per heavy atom. The molecule has 0 aliphatic heterocycles. The van der Waals surface area contributed by atoms with Crippen LogP contribution in [0.15, 0.2) is 23.3 Å². The SMILES string of the molecule is CCCCCCCCC(=O)C/C=C(\C)CCC=C(C)C. The zero-order valence-electron chi connectivity index (χ0n) is 14.1. The third-order valence-electron chi connectivity index (χ3n) is 3.58. The van der Waals surface area contributed by atoms with Crippen molar-refractivity contribution in [3.63, 3.8) is 0 Å². The Morgan fingerprint density at radius 1 is 0.850 bits per heavy atom. The van der Waals surface area contributed by atoms with Crippen molar-refractivity contribution in [3.05, 3.63) is 23.3 Å². The molecule has 116 valence electrons. The molecule has 0 saturated heterocycles. The predicted octanol–water partition coefficient (Wildman–Crippen LogP) is 6.39. The molecule has 0 amide bonds. The highest BCUT2D eigenvalue weighted by Gasteiger charge is 2.00. The van der Waals surface area contributed by atoms with Crippen LogP contribution in [0.5, 0.6) is 0 Å². The van der Waals surface area contributed by atoms with Crippen LogP contribution in [0.3, 0.4) is 0 Å². The van der Waals surface area contributed by atoms with Gasteiger partial charge in [-0.2, -0.15) is 0 Å². The summed E-state index contributed by atoms with van der Waals surface area (Å²) in [5, 5.41) is 0. The summed E-state index contributed by atoms with van der Waals surface area (Å²) in [6, 6.07) is 0. The van der Waals surface area contributed by atoms with Gasteiger partial charge in [-0.3, -0.25) is 4.79 Å². The van der Waals surface area contributed by atoms with E-state index >= 15 is 0 Å². The van der Waals surface area contributed by atoms with Crippen molar-refractivity contribution in [2.75, 3.05) is 0 Å². The third-order valence-corrected chi connectivity index (χ3v) is 3.58. The first-order valence-electron chi connectivity index (χ1n) is 8.37. The van der Waals surface area contributed by atoms with Crippen molar-refractivity contribution in [3.8, 4) is 0 Å². The maximum Gasteiger partial charge on any atom is 0.136 e. The Hall–Kier alpha value is -0.850. The molecule has 0 unspecified atom stereocenters. The average molecular weight is 278 g/mol. The fourth-order valence-corrected chi connectivity index (χ4v) is 2.18. The summed E-state index contributed by atoms with van der Waals surface area (Å²) in [6.07, 6.45) is 15.5. The van der Waals surface area contributed by atoms with Gasteiger partial charge in [0, 0.05) is 12.8 Å². The molecule has 0 aliphatic carbocycles. The Balaban J connectivity index is 3.62. The molecule has 0 aromatic heterocycles. The molecule has 1 heteroatoms. The van der Waals surface area contributed by atoms with Crippen molar-refractivity contribution >= 4 is 5.78 Å². The predicted molar refractivity (Wildman–Crippen MR) is 90.0 cm³/mol. The van der Waals surface area contributed by atoms with Crippen LogP contribution in [0.25, 0.3) is 0 Å². The van der Waals surface area contributed by atoms with Gasteiger partial charge < -0.3 is 0 Å². The van der Waals surface area contributed by atoms with Gasteiger partial charge in [-0.05, 0) is 40.0 Å². The van der Waals surface area contributed by atoms with E-state index in [4.69, 9.17) is 0 Å². The molecule has 0 N–H and O–H groups in total. The zero-order valence-corrected chi connectivity index (χ0v) is 14.1. The smallest absolute Gasteiger partial charge is 0.136 e. The average Bonchev–Trinajstić information content (AvgIpc) is 2.40. The van der Waals surface area contributed by atoms with E-state index in [2.05, 4.69) is 39.8 Å². The Kier molecular flexibility index (Phi) is 12.6. The van der Waals surface area contributed by atoms with Gasteiger partial charge in [-0.25, -0.2) is 0 Å². The first-order chi connectivity index (χ1) is 9.56. The molecule has 0 radical (unpaired) electrons. The monoisotopic (exact) mass is 278 g/mol. The van der Waals surface area contributed by atoms with E-state index in [-0.39, 0.29) is 0 Å². The van der Waals surface area contributed by atoms with Crippen LogP contribution >= 0.6 is 0 Å². The van der Waals surface area contributed by atoms with E-state index in [9.17, 15) is 4.79 Å². The Bertz CT molecular complexity index is 306. The summed E-state index contributed by atoms with van der Waals surface area (Å²) >= 11 is 0. The first kappa shape index (κ1) is 19.1. The van der Waals surface area contributed by atoms with Crippen LogP contribution in [-0.2, 0) is 4.79 Å². The maximum atomic E-state index is 11.8. The van der Waals surface area contributed by atoms with Crippen LogP contribution in [-0.4, -0.2) is 5.78 Å². The van der Waals surface area contributed by atoms with E-state index in [1.165, 1.54) is 43.3 Å². The second kappa shape index (κ2) is 13.1. The van der Waals surface area contributed by atoms with Crippen molar-refractivity contribution in [2.24, 2.45) is 0 Å². The molecule has 0 aromatic carbocycles. The summed E-state index contributed by atoms with van der Waals surface area (Å²) in [7, 11) is 0. The third kappa shape index (κ3) is 13.6. The number of ketones is 1. The molecule has 0 spiro atoms.